The number of aromatic hydroxyl groups is 2. The molecule has 12 aromatic rings. The van der Waals surface area contributed by atoms with E-state index in [0.717, 1.165) is 88.1 Å². The highest BCUT2D eigenvalue weighted by Crippen LogP contribution is 2.52. The molecular weight excluding hydrogens is 861 g/mol. The average molecular weight is 907 g/mol. The number of aryl methyl sites for hydroxylation is 2. The first-order valence-electron chi connectivity index (χ1n) is 23.8. The molecule has 2 atom stereocenters. The maximum atomic E-state index is 12.6. The van der Waals surface area contributed by atoms with Gasteiger partial charge in [-0.05, 0) is 96.8 Å². The van der Waals surface area contributed by atoms with Gasteiger partial charge in [-0.1, -0.05) is 158 Å². The van der Waals surface area contributed by atoms with E-state index in [0.29, 0.717) is 34.0 Å². The van der Waals surface area contributed by atoms with E-state index in [4.69, 9.17) is 9.47 Å². The number of benzene rings is 10. The van der Waals surface area contributed by atoms with Gasteiger partial charge in [0.1, 0.15) is 23.0 Å². The SMILES string of the molecule is Cc1cc(-c2ccccc2OC2c3ccccc3-c3ccccc3[C@H]2Oc2ccccc2-c2cc(C)cc(-n3c4ccccc4c4ccccc43)c2O)c(O)c(-n2c3ccccc3c3ccccc32)c1. The molecule has 6 heteroatoms. The van der Waals surface area contributed by atoms with Crippen LogP contribution in [0.25, 0.3) is 88.4 Å². The summed E-state index contributed by atoms with van der Waals surface area (Å²) in [4.78, 5) is 0. The summed E-state index contributed by atoms with van der Waals surface area (Å²) in [5.41, 5.74) is 14.3. The van der Waals surface area contributed by atoms with Crippen LogP contribution < -0.4 is 9.47 Å². The van der Waals surface area contributed by atoms with Gasteiger partial charge in [0.2, 0.25) is 0 Å². The zero-order chi connectivity index (χ0) is 47.0. The summed E-state index contributed by atoms with van der Waals surface area (Å²) < 4.78 is 19.2. The Balaban J connectivity index is 0.945. The molecule has 336 valence electrons. The summed E-state index contributed by atoms with van der Waals surface area (Å²) >= 11 is 0. The van der Waals surface area contributed by atoms with Crippen LogP contribution in [0.1, 0.15) is 34.5 Å². The van der Waals surface area contributed by atoms with Gasteiger partial charge >= 0.3 is 0 Å². The van der Waals surface area contributed by atoms with Crippen molar-refractivity contribution >= 4 is 43.6 Å². The Kier molecular flexibility index (Phi) is 9.63. The number of hydrogen-bond donors (Lipinski definition) is 2. The summed E-state index contributed by atoms with van der Waals surface area (Å²) in [6.07, 6.45) is -1.27. The Labute approximate surface area is 405 Å². The normalized spacial score (nSPS) is 14.3. The van der Waals surface area contributed by atoms with Crippen molar-refractivity contribution in [2.45, 2.75) is 26.1 Å². The number of nitrogens with zero attached hydrogens (tertiary/aromatic N) is 2. The molecular formula is C64H46N2O4. The molecule has 2 N–H and O–H groups in total. The third kappa shape index (κ3) is 6.48. The molecule has 70 heavy (non-hydrogen) atoms. The van der Waals surface area contributed by atoms with Gasteiger partial charge in [-0.2, -0.15) is 0 Å². The van der Waals surface area contributed by atoms with Gasteiger partial charge in [0.05, 0.1) is 33.4 Å². The minimum Gasteiger partial charge on any atom is -0.505 e. The van der Waals surface area contributed by atoms with E-state index in [-0.39, 0.29) is 11.5 Å². The summed E-state index contributed by atoms with van der Waals surface area (Å²) in [6.45, 7) is 4.13. The Hall–Kier alpha value is -9.00. The number of rotatable bonds is 8. The molecule has 6 nitrogen and oxygen atoms in total. The number of phenols is 2. The number of para-hydroxylation sites is 6. The van der Waals surface area contributed by atoms with Crippen LogP contribution in [0.5, 0.6) is 23.0 Å². The molecule has 13 rings (SSSR count). The quantitative estimate of drug-likeness (QED) is 0.159. The second-order valence-electron chi connectivity index (χ2n) is 18.3. The first kappa shape index (κ1) is 41.2. The Morgan fingerprint density at radius 3 is 1.00 bits per heavy atom. The van der Waals surface area contributed by atoms with E-state index < -0.39 is 12.2 Å². The van der Waals surface area contributed by atoms with E-state index in [1.807, 2.05) is 97.1 Å². The number of phenolic OH excluding ortho intramolecular Hbond substituents is 2. The minimum absolute atomic E-state index is 0.155. The highest BCUT2D eigenvalue weighted by molar-refractivity contribution is 6.10. The standard InChI is InChI=1S/C64H46N2O4/c1-39-35-51(61(67)57(37-39)65-53-29-13-7-21-43(53)44-22-8-14-30-54(44)65)47-25-11-17-33-59(47)69-63-49-27-5-3-19-41(49)42-20-4-6-28-50(42)64(63)70-60-34-18-12-26-48(60)52-36-40(2)38-58(62(52)68)66-55-31-15-9-23-45(55)46-24-10-16-32-56(46)66/h3-38,63-64,67-68H,1-2H3/t63-,64?/m1/s1. The van der Waals surface area contributed by atoms with Gasteiger partial charge in [-0.3, -0.25) is 0 Å². The smallest absolute Gasteiger partial charge is 0.165 e. The number of ether oxygens (including phenoxy) is 2. The maximum absolute atomic E-state index is 12.6. The van der Waals surface area contributed by atoms with E-state index >= 15 is 0 Å². The Morgan fingerprint density at radius 2 is 0.629 bits per heavy atom. The second-order valence-corrected chi connectivity index (χ2v) is 18.3. The summed E-state index contributed by atoms with van der Waals surface area (Å²) in [7, 11) is 0. The number of fused-ring (bicyclic) bond motifs is 9. The van der Waals surface area contributed by atoms with Crippen molar-refractivity contribution in [3.63, 3.8) is 0 Å². The third-order valence-electron chi connectivity index (χ3n) is 14.1. The van der Waals surface area contributed by atoms with Crippen molar-refractivity contribution in [3.8, 4) is 67.8 Å². The van der Waals surface area contributed by atoms with E-state index in [2.05, 4.69) is 144 Å². The van der Waals surface area contributed by atoms with E-state index in [9.17, 15) is 10.2 Å². The molecule has 0 bridgehead atoms. The van der Waals surface area contributed by atoms with Crippen molar-refractivity contribution in [1.82, 2.24) is 9.13 Å². The fourth-order valence-electron chi connectivity index (χ4n) is 11.0. The molecule has 0 amide bonds. The van der Waals surface area contributed by atoms with Crippen LogP contribution in [0.2, 0.25) is 0 Å². The van der Waals surface area contributed by atoms with Crippen LogP contribution in [-0.2, 0) is 0 Å². The van der Waals surface area contributed by atoms with Crippen LogP contribution in [0, 0.1) is 13.8 Å². The fourth-order valence-corrected chi connectivity index (χ4v) is 11.0. The zero-order valence-corrected chi connectivity index (χ0v) is 38.5. The van der Waals surface area contributed by atoms with Gasteiger partial charge in [-0.15, -0.1) is 0 Å². The Morgan fingerprint density at radius 1 is 0.329 bits per heavy atom. The molecule has 2 heterocycles. The van der Waals surface area contributed by atoms with Gasteiger partial charge in [0.15, 0.2) is 12.2 Å². The van der Waals surface area contributed by atoms with Crippen LogP contribution in [-0.4, -0.2) is 19.3 Å². The van der Waals surface area contributed by atoms with Crippen molar-refractivity contribution < 1.29 is 19.7 Å². The van der Waals surface area contributed by atoms with Crippen molar-refractivity contribution in [2.75, 3.05) is 0 Å². The lowest BCUT2D eigenvalue weighted by molar-refractivity contribution is 0.0517. The predicted molar refractivity (Wildman–Crippen MR) is 284 cm³/mol. The topological polar surface area (TPSA) is 68.8 Å². The van der Waals surface area contributed by atoms with Gasteiger partial charge in [0, 0.05) is 54.9 Å². The molecule has 0 saturated heterocycles. The fraction of sp³-hybridized carbons (Fsp3) is 0.0625. The van der Waals surface area contributed by atoms with Gasteiger partial charge < -0.3 is 28.8 Å². The molecule has 0 aliphatic heterocycles. The van der Waals surface area contributed by atoms with Gasteiger partial charge in [-0.25, -0.2) is 0 Å². The lowest BCUT2D eigenvalue weighted by atomic mass is 9.81. The highest BCUT2D eigenvalue weighted by atomic mass is 16.5. The zero-order valence-electron chi connectivity index (χ0n) is 38.5. The summed E-state index contributed by atoms with van der Waals surface area (Å²) in [5, 5.41) is 29.6. The highest BCUT2D eigenvalue weighted by Gasteiger charge is 2.38. The molecule has 0 saturated carbocycles. The Bertz CT molecular complexity index is 3680. The molecule has 1 aliphatic carbocycles. The number of aromatic nitrogens is 2. The number of hydrogen-bond acceptors (Lipinski definition) is 4. The van der Waals surface area contributed by atoms with Crippen LogP contribution in [0.3, 0.4) is 0 Å². The van der Waals surface area contributed by atoms with Crippen molar-refractivity contribution in [1.29, 1.82) is 0 Å². The molecule has 0 spiro atoms. The summed E-state index contributed by atoms with van der Waals surface area (Å²) in [5.74, 6) is 1.51. The first-order chi connectivity index (χ1) is 34.4. The molecule has 1 unspecified atom stereocenters. The second kappa shape index (κ2) is 16.4. The predicted octanol–water partition coefficient (Wildman–Crippen LogP) is 16.2. The minimum atomic E-state index is -0.636. The first-order valence-corrected chi connectivity index (χ1v) is 23.8. The van der Waals surface area contributed by atoms with Crippen molar-refractivity contribution in [2.24, 2.45) is 0 Å². The van der Waals surface area contributed by atoms with Crippen LogP contribution in [0.4, 0.5) is 0 Å². The van der Waals surface area contributed by atoms with E-state index in [1.165, 1.54) is 0 Å². The van der Waals surface area contributed by atoms with Crippen molar-refractivity contribution in [3.05, 3.63) is 241 Å². The molecule has 0 radical (unpaired) electrons. The average Bonchev–Trinajstić information content (AvgIpc) is 3.92. The lowest BCUT2D eigenvalue weighted by Crippen LogP contribution is -2.27. The maximum Gasteiger partial charge on any atom is 0.165 e. The third-order valence-corrected chi connectivity index (χ3v) is 14.1. The monoisotopic (exact) mass is 906 g/mol. The van der Waals surface area contributed by atoms with Crippen LogP contribution >= 0.6 is 0 Å². The largest absolute Gasteiger partial charge is 0.505 e. The summed E-state index contributed by atoms with van der Waals surface area (Å²) in [6, 6.07) is 74.2. The molecule has 2 aromatic heterocycles. The molecule has 0 fully saturated rings. The molecule has 1 aliphatic rings. The van der Waals surface area contributed by atoms with Gasteiger partial charge in [0.25, 0.3) is 0 Å². The van der Waals surface area contributed by atoms with Crippen LogP contribution in [0.15, 0.2) is 218 Å². The van der Waals surface area contributed by atoms with E-state index in [1.54, 1.807) is 0 Å². The molecule has 10 aromatic carbocycles. The lowest BCUT2D eigenvalue weighted by Gasteiger charge is -2.36.